The Morgan fingerprint density at radius 3 is 2.62 bits per heavy atom. The first-order valence-corrected chi connectivity index (χ1v) is 12.3. The Morgan fingerprint density at radius 2 is 2.00 bits per heavy atom. The quantitative estimate of drug-likeness (QED) is 0.629. The summed E-state index contributed by atoms with van der Waals surface area (Å²) in [6, 6.07) is 4.65. The number of halogens is 1. The number of aromatic nitrogens is 1. The third-order valence-corrected chi connectivity index (χ3v) is 7.31. The molecule has 1 aromatic carbocycles. The molecule has 1 aliphatic rings. The van der Waals surface area contributed by atoms with Crippen LogP contribution in [0.1, 0.15) is 41.0 Å². The Balaban J connectivity index is 1.91. The van der Waals surface area contributed by atoms with Crippen molar-refractivity contribution >= 4 is 38.5 Å². The van der Waals surface area contributed by atoms with Crippen LogP contribution >= 0.6 is 11.6 Å². The van der Waals surface area contributed by atoms with Crippen molar-refractivity contribution < 1.29 is 22.7 Å². The van der Waals surface area contributed by atoms with Gasteiger partial charge in [0.2, 0.25) is 15.9 Å². The van der Waals surface area contributed by atoms with E-state index in [9.17, 15) is 13.2 Å². The second kappa shape index (κ2) is 9.03. The van der Waals surface area contributed by atoms with Gasteiger partial charge in [-0.2, -0.15) is 4.31 Å². The lowest BCUT2D eigenvalue weighted by molar-refractivity contribution is 0.0232. The van der Waals surface area contributed by atoms with Crippen LogP contribution in [0.25, 0.3) is 10.8 Å². The molecule has 32 heavy (non-hydrogen) atoms. The second-order valence-corrected chi connectivity index (χ2v) is 11.5. The summed E-state index contributed by atoms with van der Waals surface area (Å²) in [4.78, 5) is 18.2. The molecule has 0 spiro atoms. The predicted molar refractivity (Wildman–Crippen MR) is 124 cm³/mol. The highest BCUT2D eigenvalue weighted by atomic mass is 35.5. The van der Waals surface area contributed by atoms with Crippen molar-refractivity contribution in [2.24, 2.45) is 0 Å². The number of hydrogen-bond donors (Lipinski definition) is 0. The van der Waals surface area contributed by atoms with Crippen molar-refractivity contribution in [1.29, 1.82) is 0 Å². The van der Waals surface area contributed by atoms with Crippen molar-refractivity contribution in [3.05, 3.63) is 29.4 Å². The molecule has 0 radical (unpaired) electrons. The number of carbonyl (C=O) groups is 1. The van der Waals surface area contributed by atoms with Crippen LogP contribution in [0.2, 0.25) is 5.02 Å². The smallest absolute Gasteiger partial charge is 0.410 e. The van der Waals surface area contributed by atoms with Crippen LogP contribution in [0.5, 0.6) is 5.88 Å². The maximum atomic E-state index is 13.6. The molecular weight excluding hydrogens is 454 g/mol. The van der Waals surface area contributed by atoms with E-state index in [2.05, 4.69) is 4.98 Å². The molecule has 1 amide bonds. The van der Waals surface area contributed by atoms with Gasteiger partial charge in [0, 0.05) is 37.0 Å². The fraction of sp³-hybridized carbons (Fsp3) is 0.545. The third kappa shape index (κ3) is 5.10. The monoisotopic (exact) mass is 483 g/mol. The van der Waals surface area contributed by atoms with E-state index in [4.69, 9.17) is 21.1 Å². The van der Waals surface area contributed by atoms with Gasteiger partial charge >= 0.3 is 6.09 Å². The summed E-state index contributed by atoms with van der Waals surface area (Å²) < 4.78 is 39.7. The lowest BCUT2D eigenvalue weighted by Gasteiger charge is -2.28. The molecule has 1 aromatic heterocycles. The van der Waals surface area contributed by atoms with Crippen molar-refractivity contribution in [3.63, 3.8) is 0 Å². The summed E-state index contributed by atoms with van der Waals surface area (Å²) in [7, 11) is -2.24. The summed E-state index contributed by atoms with van der Waals surface area (Å²) in [6.07, 6.45) is 1.31. The first-order valence-electron chi connectivity index (χ1n) is 10.5. The summed E-state index contributed by atoms with van der Waals surface area (Å²) in [5.41, 5.74) is -0.626. The number of sulfonamides is 1. The van der Waals surface area contributed by atoms with Gasteiger partial charge in [0.1, 0.15) is 5.60 Å². The van der Waals surface area contributed by atoms with E-state index >= 15 is 0 Å². The van der Waals surface area contributed by atoms with E-state index in [1.165, 1.54) is 21.5 Å². The van der Waals surface area contributed by atoms with Gasteiger partial charge in [0.25, 0.3) is 0 Å². The van der Waals surface area contributed by atoms with E-state index < -0.39 is 21.7 Å². The van der Waals surface area contributed by atoms with Crippen molar-refractivity contribution in [3.8, 4) is 5.88 Å². The number of ether oxygens (including phenoxy) is 2. The number of rotatable bonds is 5. The number of carbonyl (C=O) groups excluding carboxylic acids is 1. The minimum Gasteiger partial charge on any atom is -0.475 e. The maximum Gasteiger partial charge on any atom is 0.410 e. The first kappa shape index (κ1) is 24.5. The second-order valence-electron chi connectivity index (χ2n) is 9.15. The number of fused-ring (bicyclic) bond motifs is 1. The molecule has 1 saturated heterocycles. The first-order chi connectivity index (χ1) is 14.8. The van der Waals surface area contributed by atoms with Crippen LogP contribution in [0.15, 0.2) is 29.3 Å². The van der Waals surface area contributed by atoms with Crippen LogP contribution in [-0.2, 0) is 14.8 Å². The molecule has 0 bridgehead atoms. The van der Waals surface area contributed by atoms with E-state index in [1.807, 2.05) is 13.8 Å². The molecule has 1 fully saturated rings. The fourth-order valence-electron chi connectivity index (χ4n) is 3.60. The van der Waals surface area contributed by atoms with Crippen molar-refractivity contribution in [2.75, 3.05) is 20.1 Å². The van der Waals surface area contributed by atoms with Gasteiger partial charge in [0.05, 0.1) is 22.2 Å². The third-order valence-electron chi connectivity index (χ3n) is 5.11. The van der Waals surface area contributed by atoms with Gasteiger partial charge in [-0.3, -0.25) is 0 Å². The zero-order valence-electron chi connectivity index (χ0n) is 19.3. The predicted octanol–water partition coefficient (Wildman–Crippen LogP) is 4.31. The fourth-order valence-corrected chi connectivity index (χ4v) is 5.63. The van der Waals surface area contributed by atoms with E-state index in [0.29, 0.717) is 23.1 Å². The molecule has 0 unspecified atom stereocenters. The number of pyridine rings is 1. The zero-order chi connectivity index (χ0) is 23.8. The van der Waals surface area contributed by atoms with Gasteiger partial charge in [-0.05, 0) is 53.2 Å². The molecular formula is C22H30ClN3O5S. The minimum absolute atomic E-state index is 0.0941. The van der Waals surface area contributed by atoms with Crippen LogP contribution in [0, 0.1) is 0 Å². The number of benzene rings is 1. The Bertz CT molecular complexity index is 1110. The molecule has 1 atom stereocenters. The van der Waals surface area contributed by atoms with Crippen LogP contribution in [0.3, 0.4) is 0 Å². The molecule has 0 saturated carbocycles. The van der Waals surface area contributed by atoms with Gasteiger partial charge in [0.15, 0.2) is 0 Å². The summed E-state index contributed by atoms with van der Waals surface area (Å²) in [6.45, 7) is 9.57. The SMILES string of the molecule is CC(C)Oc1ncc(Cl)c2c(S(=O)(=O)N3CC[C@H](N(C)C(=O)OC(C)(C)C)C3)cccc12. The molecule has 0 aliphatic carbocycles. The molecule has 2 aromatic rings. The lowest BCUT2D eigenvalue weighted by Crippen LogP contribution is -2.42. The summed E-state index contributed by atoms with van der Waals surface area (Å²) in [5, 5.41) is 1.15. The van der Waals surface area contributed by atoms with Crippen LogP contribution in [0.4, 0.5) is 4.79 Å². The Labute approximate surface area is 194 Å². The molecule has 2 heterocycles. The number of likely N-dealkylation sites (N-methyl/N-ethyl adjacent to an activating group) is 1. The molecule has 10 heteroatoms. The minimum atomic E-state index is -3.87. The standard InChI is InChI=1S/C22H30ClN3O5S/c1-14(2)30-20-16-8-7-9-18(19(16)17(23)12-24-20)32(28,29)26-11-10-15(13-26)25(6)21(27)31-22(3,4)5/h7-9,12,14-15H,10-11,13H2,1-6H3/t15-/m0/s1. The number of nitrogens with zero attached hydrogens (tertiary/aromatic N) is 3. The van der Waals surface area contributed by atoms with Crippen LogP contribution < -0.4 is 4.74 Å². The van der Waals surface area contributed by atoms with Crippen molar-refractivity contribution in [1.82, 2.24) is 14.2 Å². The molecule has 1 aliphatic heterocycles. The highest BCUT2D eigenvalue weighted by Gasteiger charge is 2.37. The Kier molecular flexibility index (Phi) is 6.93. The topological polar surface area (TPSA) is 89.0 Å². The van der Waals surface area contributed by atoms with Gasteiger partial charge in [-0.25, -0.2) is 18.2 Å². The lowest BCUT2D eigenvalue weighted by atomic mass is 10.1. The van der Waals surface area contributed by atoms with E-state index in [0.717, 1.165) is 0 Å². The largest absolute Gasteiger partial charge is 0.475 e. The van der Waals surface area contributed by atoms with E-state index in [1.54, 1.807) is 40.0 Å². The summed E-state index contributed by atoms with van der Waals surface area (Å²) >= 11 is 6.40. The Morgan fingerprint density at radius 1 is 1.31 bits per heavy atom. The highest BCUT2D eigenvalue weighted by Crippen LogP contribution is 2.36. The summed E-state index contributed by atoms with van der Waals surface area (Å²) in [5.74, 6) is 0.334. The van der Waals surface area contributed by atoms with Gasteiger partial charge in [-0.1, -0.05) is 17.7 Å². The highest BCUT2D eigenvalue weighted by molar-refractivity contribution is 7.89. The normalized spacial score (nSPS) is 17.7. The maximum absolute atomic E-state index is 13.6. The average molecular weight is 484 g/mol. The zero-order valence-corrected chi connectivity index (χ0v) is 20.8. The molecule has 0 N–H and O–H groups in total. The van der Waals surface area contributed by atoms with Gasteiger partial charge < -0.3 is 14.4 Å². The van der Waals surface area contributed by atoms with Crippen molar-refractivity contribution in [2.45, 2.75) is 63.7 Å². The van der Waals surface area contributed by atoms with Gasteiger partial charge in [-0.15, -0.1) is 0 Å². The number of amides is 1. The average Bonchev–Trinajstić information content (AvgIpc) is 3.18. The van der Waals surface area contributed by atoms with E-state index in [-0.39, 0.29) is 35.2 Å². The van der Waals surface area contributed by atoms with Crippen LogP contribution in [-0.4, -0.2) is 66.6 Å². The molecule has 3 rings (SSSR count). The Hall–Kier alpha value is -2.10. The number of hydrogen-bond acceptors (Lipinski definition) is 6. The molecule has 8 nitrogen and oxygen atoms in total. The molecule has 176 valence electrons.